The van der Waals surface area contributed by atoms with Crippen molar-refractivity contribution in [1.29, 1.82) is 0 Å². The fourth-order valence-electron chi connectivity index (χ4n) is 3.12. The zero-order valence-corrected chi connectivity index (χ0v) is 12.8. The second kappa shape index (κ2) is 4.74. The molecule has 112 valence electrons. The van der Waals surface area contributed by atoms with Crippen LogP contribution in [0.5, 0.6) is 0 Å². The van der Waals surface area contributed by atoms with Crippen molar-refractivity contribution in [2.75, 3.05) is 4.90 Å². The first-order valence-electron chi connectivity index (χ1n) is 7.42. The number of carbonyl (C=O) groups excluding carboxylic acids is 2. The van der Waals surface area contributed by atoms with E-state index in [-0.39, 0.29) is 11.8 Å². The molecule has 1 aliphatic heterocycles. The first-order chi connectivity index (χ1) is 11.1. The molecule has 4 heteroatoms. The predicted molar refractivity (Wildman–Crippen MR) is 88.8 cm³/mol. The van der Waals surface area contributed by atoms with Crippen LogP contribution in [-0.2, 0) is 0 Å². The number of benzene rings is 2. The molecule has 0 fully saturated rings. The van der Waals surface area contributed by atoms with E-state index >= 15 is 0 Å². The Bertz CT molecular complexity index is 957. The van der Waals surface area contributed by atoms with Crippen molar-refractivity contribution in [3.63, 3.8) is 0 Å². The summed E-state index contributed by atoms with van der Waals surface area (Å²) >= 11 is 0. The van der Waals surface area contributed by atoms with Gasteiger partial charge in [-0.2, -0.15) is 0 Å². The van der Waals surface area contributed by atoms with Gasteiger partial charge in [0.15, 0.2) is 0 Å². The number of fused-ring (bicyclic) bond motifs is 2. The van der Waals surface area contributed by atoms with E-state index in [0.29, 0.717) is 16.8 Å². The van der Waals surface area contributed by atoms with Crippen molar-refractivity contribution in [3.05, 3.63) is 70.9 Å². The molecule has 23 heavy (non-hydrogen) atoms. The maximum Gasteiger partial charge on any atom is 0.266 e. The van der Waals surface area contributed by atoms with E-state index < -0.39 is 0 Å². The lowest BCUT2D eigenvalue weighted by Gasteiger charge is -2.15. The number of aromatic nitrogens is 1. The summed E-state index contributed by atoms with van der Waals surface area (Å²) in [6, 6.07) is 14.4. The van der Waals surface area contributed by atoms with Gasteiger partial charge in [-0.15, -0.1) is 0 Å². The molecule has 0 N–H and O–H groups in total. The molecular weight excluding hydrogens is 288 g/mol. The molecule has 2 aromatic carbocycles. The van der Waals surface area contributed by atoms with Gasteiger partial charge in [0.1, 0.15) is 0 Å². The standard InChI is InChI=1S/C19H14N2O2/c1-11-9-12(2)20-17-10-13(7-8-14(11)17)21-18(22)15-5-3-4-6-16(15)19(21)23/h3-10H,1-2H3. The van der Waals surface area contributed by atoms with E-state index in [4.69, 9.17) is 0 Å². The Balaban J connectivity index is 1.88. The van der Waals surface area contributed by atoms with Gasteiger partial charge in [-0.05, 0) is 49.7 Å². The number of anilines is 1. The average molecular weight is 302 g/mol. The minimum absolute atomic E-state index is 0.283. The quantitative estimate of drug-likeness (QED) is 0.645. The monoisotopic (exact) mass is 302 g/mol. The van der Waals surface area contributed by atoms with Gasteiger partial charge < -0.3 is 0 Å². The molecule has 1 aliphatic rings. The summed E-state index contributed by atoms with van der Waals surface area (Å²) in [5, 5.41) is 1.02. The maximum absolute atomic E-state index is 12.6. The lowest BCUT2D eigenvalue weighted by atomic mass is 10.1. The van der Waals surface area contributed by atoms with Gasteiger partial charge >= 0.3 is 0 Å². The predicted octanol–water partition coefficient (Wildman–Crippen LogP) is 3.65. The van der Waals surface area contributed by atoms with E-state index in [2.05, 4.69) is 4.98 Å². The minimum atomic E-state index is -0.283. The van der Waals surface area contributed by atoms with Crippen LogP contribution in [0.4, 0.5) is 5.69 Å². The fourth-order valence-corrected chi connectivity index (χ4v) is 3.12. The van der Waals surface area contributed by atoms with Crippen LogP contribution in [0.15, 0.2) is 48.5 Å². The highest BCUT2D eigenvalue weighted by Crippen LogP contribution is 2.30. The summed E-state index contributed by atoms with van der Waals surface area (Å²) < 4.78 is 0. The van der Waals surface area contributed by atoms with Gasteiger partial charge in [0.2, 0.25) is 0 Å². The second-order valence-corrected chi connectivity index (χ2v) is 5.77. The van der Waals surface area contributed by atoms with Gasteiger partial charge in [-0.25, -0.2) is 4.90 Å². The zero-order valence-electron chi connectivity index (χ0n) is 12.8. The molecule has 2 amide bonds. The Morgan fingerprint density at radius 1 is 0.870 bits per heavy atom. The highest BCUT2D eigenvalue weighted by Gasteiger charge is 2.36. The average Bonchev–Trinajstić information content (AvgIpc) is 2.78. The van der Waals surface area contributed by atoms with Gasteiger partial charge in [-0.1, -0.05) is 18.2 Å². The second-order valence-electron chi connectivity index (χ2n) is 5.77. The summed E-state index contributed by atoms with van der Waals surface area (Å²) in [5.74, 6) is -0.566. The molecule has 0 aliphatic carbocycles. The SMILES string of the molecule is Cc1cc(C)c2ccc(N3C(=O)c4ccccc4C3=O)cc2n1. The number of nitrogens with zero attached hydrogens (tertiary/aromatic N) is 2. The highest BCUT2D eigenvalue weighted by atomic mass is 16.2. The van der Waals surface area contributed by atoms with Crippen LogP contribution in [0.2, 0.25) is 0 Å². The van der Waals surface area contributed by atoms with E-state index in [1.807, 2.05) is 26.0 Å². The van der Waals surface area contributed by atoms with Crippen molar-refractivity contribution < 1.29 is 9.59 Å². The van der Waals surface area contributed by atoms with Crippen molar-refractivity contribution in [2.24, 2.45) is 0 Å². The van der Waals surface area contributed by atoms with Gasteiger partial charge in [0.25, 0.3) is 11.8 Å². The molecule has 0 saturated carbocycles. The molecule has 4 nitrogen and oxygen atoms in total. The third-order valence-corrected chi connectivity index (χ3v) is 4.18. The topological polar surface area (TPSA) is 50.3 Å². The molecule has 1 aromatic heterocycles. The Morgan fingerprint density at radius 3 is 2.17 bits per heavy atom. The molecule has 0 spiro atoms. The molecule has 0 unspecified atom stereocenters. The molecule has 0 atom stereocenters. The van der Waals surface area contributed by atoms with Crippen LogP contribution in [-0.4, -0.2) is 16.8 Å². The van der Waals surface area contributed by atoms with E-state index in [1.165, 1.54) is 4.90 Å². The van der Waals surface area contributed by atoms with Crippen LogP contribution in [0.1, 0.15) is 32.0 Å². The van der Waals surface area contributed by atoms with Crippen molar-refractivity contribution in [1.82, 2.24) is 4.98 Å². The van der Waals surface area contributed by atoms with E-state index in [0.717, 1.165) is 22.2 Å². The first kappa shape index (κ1) is 13.6. The zero-order chi connectivity index (χ0) is 16.1. The van der Waals surface area contributed by atoms with Crippen LogP contribution in [0.25, 0.3) is 10.9 Å². The molecule has 4 rings (SSSR count). The minimum Gasteiger partial charge on any atom is -0.268 e. The lowest BCUT2D eigenvalue weighted by molar-refractivity contribution is 0.0926. The Labute approximate surface area is 133 Å². The smallest absolute Gasteiger partial charge is 0.266 e. The molecule has 0 saturated heterocycles. The number of aryl methyl sites for hydroxylation is 2. The number of rotatable bonds is 1. The number of pyridine rings is 1. The summed E-state index contributed by atoms with van der Waals surface area (Å²) in [7, 11) is 0. The third-order valence-electron chi connectivity index (χ3n) is 4.18. The number of carbonyl (C=O) groups is 2. The molecular formula is C19H14N2O2. The summed E-state index contributed by atoms with van der Waals surface area (Å²) in [5.41, 5.74) is 4.28. The normalized spacial score (nSPS) is 13.7. The molecule has 0 radical (unpaired) electrons. The number of imide groups is 1. The maximum atomic E-state index is 12.6. The number of amides is 2. The molecule has 0 bridgehead atoms. The van der Waals surface area contributed by atoms with Crippen LogP contribution in [0.3, 0.4) is 0 Å². The molecule has 3 aromatic rings. The summed E-state index contributed by atoms with van der Waals surface area (Å²) in [6.45, 7) is 3.96. The first-order valence-corrected chi connectivity index (χ1v) is 7.42. The van der Waals surface area contributed by atoms with Gasteiger partial charge in [-0.3, -0.25) is 14.6 Å². The van der Waals surface area contributed by atoms with Crippen molar-refractivity contribution in [2.45, 2.75) is 13.8 Å². The van der Waals surface area contributed by atoms with Crippen molar-refractivity contribution in [3.8, 4) is 0 Å². The Kier molecular flexibility index (Phi) is 2.81. The number of hydrogen-bond acceptors (Lipinski definition) is 3. The van der Waals surface area contributed by atoms with Gasteiger partial charge in [0, 0.05) is 11.1 Å². The van der Waals surface area contributed by atoms with Crippen LogP contribution >= 0.6 is 0 Å². The van der Waals surface area contributed by atoms with Gasteiger partial charge in [0.05, 0.1) is 22.3 Å². The van der Waals surface area contributed by atoms with Crippen LogP contribution in [0, 0.1) is 13.8 Å². The fraction of sp³-hybridized carbons (Fsp3) is 0.105. The van der Waals surface area contributed by atoms with Crippen molar-refractivity contribution >= 4 is 28.4 Å². The Morgan fingerprint density at radius 2 is 1.52 bits per heavy atom. The van der Waals surface area contributed by atoms with E-state index in [9.17, 15) is 9.59 Å². The van der Waals surface area contributed by atoms with Crippen LogP contribution < -0.4 is 4.90 Å². The lowest BCUT2D eigenvalue weighted by Crippen LogP contribution is -2.29. The summed E-state index contributed by atoms with van der Waals surface area (Å²) in [4.78, 5) is 30.9. The van der Waals surface area contributed by atoms with E-state index in [1.54, 1.807) is 36.4 Å². The third kappa shape index (κ3) is 1.95. The molecule has 2 heterocycles. The highest BCUT2D eigenvalue weighted by molar-refractivity contribution is 6.34. The number of hydrogen-bond donors (Lipinski definition) is 0. The Hall–Kier alpha value is -3.01. The summed E-state index contributed by atoms with van der Waals surface area (Å²) in [6.07, 6.45) is 0. The largest absolute Gasteiger partial charge is 0.268 e.